The molecule has 2 N–H and O–H groups in total. The van der Waals surface area contributed by atoms with Crippen molar-refractivity contribution in [3.8, 4) is 5.75 Å². The lowest BCUT2D eigenvalue weighted by atomic mass is 10.1. The smallest absolute Gasteiger partial charge is 0.254 e. The molecule has 0 aliphatic carbocycles. The van der Waals surface area contributed by atoms with Gasteiger partial charge < -0.3 is 10.4 Å². The van der Waals surface area contributed by atoms with Crippen LogP contribution in [0.1, 0.15) is 15.9 Å². The van der Waals surface area contributed by atoms with Gasteiger partial charge in [0.05, 0.1) is 5.56 Å². The molecule has 98 valence electrons. The lowest BCUT2D eigenvalue weighted by Gasteiger charge is -2.08. The molecule has 5 heteroatoms. The van der Waals surface area contributed by atoms with Gasteiger partial charge in [0.15, 0.2) is 0 Å². The summed E-state index contributed by atoms with van der Waals surface area (Å²) >= 11 is 3.19. The number of hydrogen-bond acceptors (Lipinski definition) is 2. The number of amides is 1. The zero-order valence-electron chi connectivity index (χ0n) is 9.86. The van der Waals surface area contributed by atoms with Crippen LogP contribution in [0.15, 0.2) is 46.9 Å². The molecule has 0 aliphatic rings. The lowest BCUT2D eigenvalue weighted by Crippen LogP contribution is -2.23. The van der Waals surface area contributed by atoms with Crippen LogP contribution in [0, 0.1) is 5.82 Å². The molecule has 3 nitrogen and oxygen atoms in total. The maximum absolute atomic E-state index is 13.5. The molecule has 0 aromatic heterocycles. The molecule has 19 heavy (non-hydrogen) atoms. The minimum Gasteiger partial charge on any atom is -0.508 e. The van der Waals surface area contributed by atoms with Crippen molar-refractivity contribution in [2.24, 2.45) is 0 Å². The molecule has 0 fully saturated rings. The van der Waals surface area contributed by atoms with E-state index in [1.807, 2.05) is 0 Å². The van der Waals surface area contributed by atoms with Gasteiger partial charge in [0.25, 0.3) is 5.91 Å². The molecular formula is C14H11BrFNO2. The Morgan fingerprint density at radius 3 is 2.74 bits per heavy atom. The first kappa shape index (κ1) is 13.5. The number of carbonyl (C=O) groups is 1. The highest BCUT2D eigenvalue weighted by atomic mass is 79.9. The van der Waals surface area contributed by atoms with E-state index < -0.39 is 11.7 Å². The third-order valence-electron chi connectivity index (χ3n) is 2.60. The average molecular weight is 324 g/mol. The summed E-state index contributed by atoms with van der Waals surface area (Å²) < 4.78 is 14.1. The van der Waals surface area contributed by atoms with E-state index in [4.69, 9.17) is 0 Å². The Morgan fingerprint density at radius 1 is 1.26 bits per heavy atom. The first-order valence-corrected chi connectivity index (χ1v) is 6.37. The van der Waals surface area contributed by atoms with Gasteiger partial charge >= 0.3 is 0 Å². The van der Waals surface area contributed by atoms with Crippen LogP contribution in [-0.4, -0.2) is 11.0 Å². The molecule has 0 saturated carbocycles. The number of hydrogen-bond donors (Lipinski definition) is 2. The van der Waals surface area contributed by atoms with E-state index in [2.05, 4.69) is 21.2 Å². The van der Waals surface area contributed by atoms with Crippen molar-refractivity contribution in [2.45, 2.75) is 6.54 Å². The second-order valence-electron chi connectivity index (χ2n) is 3.94. The first-order valence-electron chi connectivity index (χ1n) is 5.58. The van der Waals surface area contributed by atoms with Gasteiger partial charge in [-0.25, -0.2) is 4.39 Å². The Morgan fingerprint density at radius 2 is 2.00 bits per heavy atom. The highest BCUT2D eigenvalue weighted by Gasteiger charge is 2.12. The summed E-state index contributed by atoms with van der Waals surface area (Å²) in [6.45, 7) is 0.136. The molecule has 0 atom stereocenters. The SMILES string of the molecule is O=C(NCc1ccccc1O)c1cc(Br)ccc1F. The normalized spacial score (nSPS) is 10.2. The van der Waals surface area contributed by atoms with Crippen LogP contribution in [0.25, 0.3) is 0 Å². The third kappa shape index (κ3) is 3.32. The van der Waals surface area contributed by atoms with Gasteiger partial charge in [0.2, 0.25) is 0 Å². The topological polar surface area (TPSA) is 49.3 Å². The van der Waals surface area contributed by atoms with Crippen molar-refractivity contribution in [3.63, 3.8) is 0 Å². The Bertz CT molecular complexity index is 616. The average Bonchev–Trinajstić information content (AvgIpc) is 2.40. The Hall–Kier alpha value is -1.88. The fourth-order valence-corrected chi connectivity index (χ4v) is 1.96. The van der Waals surface area contributed by atoms with E-state index in [0.29, 0.717) is 10.0 Å². The summed E-state index contributed by atoms with van der Waals surface area (Å²) in [6, 6.07) is 10.8. The zero-order valence-corrected chi connectivity index (χ0v) is 11.4. The summed E-state index contributed by atoms with van der Waals surface area (Å²) in [5.41, 5.74) is 0.538. The molecule has 0 aliphatic heterocycles. The van der Waals surface area contributed by atoms with E-state index >= 15 is 0 Å². The van der Waals surface area contributed by atoms with Gasteiger partial charge in [-0.15, -0.1) is 0 Å². The van der Waals surface area contributed by atoms with Gasteiger partial charge in [-0.2, -0.15) is 0 Å². The van der Waals surface area contributed by atoms with E-state index in [9.17, 15) is 14.3 Å². The summed E-state index contributed by atoms with van der Waals surface area (Å²) in [5, 5.41) is 12.1. The maximum Gasteiger partial charge on any atom is 0.254 e. The fourth-order valence-electron chi connectivity index (χ4n) is 1.60. The molecule has 0 radical (unpaired) electrons. The molecule has 0 saturated heterocycles. The van der Waals surface area contributed by atoms with Crippen LogP contribution in [0.5, 0.6) is 5.75 Å². The highest BCUT2D eigenvalue weighted by Crippen LogP contribution is 2.17. The largest absolute Gasteiger partial charge is 0.508 e. The van der Waals surface area contributed by atoms with Crippen molar-refractivity contribution in [1.29, 1.82) is 0 Å². The van der Waals surface area contributed by atoms with Gasteiger partial charge in [-0.1, -0.05) is 34.1 Å². The van der Waals surface area contributed by atoms with Crippen molar-refractivity contribution in [3.05, 3.63) is 63.9 Å². The van der Waals surface area contributed by atoms with Crippen molar-refractivity contribution < 1.29 is 14.3 Å². The first-order chi connectivity index (χ1) is 9.08. The summed E-state index contributed by atoms with van der Waals surface area (Å²) in [6.07, 6.45) is 0. The number of carbonyl (C=O) groups excluding carboxylic acids is 1. The van der Waals surface area contributed by atoms with Gasteiger partial charge in [0.1, 0.15) is 11.6 Å². The minimum absolute atomic E-state index is 0.0372. The number of aromatic hydroxyl groups is 1. The molecule has 2 rings (SSSR count). The molecule has 0 spiro atoms. The van der Waals surface area contributed by atoms with Crippen molar-refractivity contribution in [2.75, 3.05) is 0 Å². The standard InChI is InChI=1S/C14H11BrFNO2/c15-10-5-6-12(16)11(7-10)14(19)17-8-9-3-1-2-4-13(9)18/h1-7,18H,8H2,(H,17,19). The lowest BCUT2D eigenvalue weighted by molar-refractivity contribution is 0.0946. The van der Waals surface area contributed by atoms with Crippen LogP contribution in [0.3, 0.4) is 0 Å². The van der Waals surface area contributed by atoms with E-state index in [1.54, 1.807) is 18.2 Å². The number of halogens is 2. The Labute approximate surface area is 118 Å². The van der Waals surface area contributed by atoms with Crippen LogP contribution in [0.4, 0.5) is 4.39 Å². The summed E-state index contributed by atoms with van der Waals surface area (Å²) in [7, 11) is 0. The quantitative estimate of drug-likeness (QED) is 0.911. The number of rotatable bonds is 3. The summed E-state index contributed by atoms with van der Waals surface area (Å²) in [5.74, 6) is -1.02. The fraction of sp³-hybridized carbons (Fsp3) is 0.0714. The molecule has 2 aromatic rings. The number of para-hydroxylation sites is 1. The maximum atomic E-state index is 13.5. The highest BCUT2D eigenvalue weighted by molar-refractivity contribution is 9.10. The number of benzene rings is 2. The number of nitrogens with one attached hydrogen (secondary N) is 1. The number of phenolic OH excluding ortho intramolecular Hbond substituents is 1. The van der Waals surface area contributed by atoms with E-state index in [-0.39, 0.29) is 17.9 Å². The Kier molecular flexibility index (Phi) is 4.16. The van der Waals surface area contributed by atoms with Crippen molar-refractivity contribution in [1.82, 2.24) is 5.32 Å². The van der Waals surface area contributed by atoms with Crippen LogP contribution in [0.2, 0.25) is 0 Å². The zero-order chi connectivity index (χ0) is 13.8. The second kappa shape index (κ2) is 5.84. The van der Waals surface area contributed by atoms with Crippen LogP contribution < -0.4 is 5.32 Å². The van der Waals surface area contributed by atoms with Gasteiger partial charge in [0, 0.05) is 16.6 Å². The molecule has 0 unspecified atom stereocenters. The second-order valence-corrected chi connectivity index (χ2v) is 4.85. The molecule has 0 bridgehead atoms. The monoisotopic (exact) mass is 323 g/mol. The molecular weight excluding hydrogens is 313 g/mol. The predicted octanol–water partition coefficient (Wildman–Crippen LogP) is 3.22. The van der Waals surface area contributed by atoms with Gasteiger partial charge in [-0.05, 0) is 24.3 Å². The number of phenols is 1. The van der Waals surface area contributed by atoms with Crippen molar-refractivity contribution >= 4 is 21.8 Å². The van der Waals surface area contributed by atoms with E-state index in [0.717, 1.165) is 0 Å². The van der Waals surface area contributed by atoms with Crippen LogP contribution >= 0.6 is 15.9 Å². The third-order valence-corrected chi connectivity index (χ3v) is 3.10. The predicted molar refractivity (Wildman–Crippen MR) is 73.4 cm³/mol. The molecule has 1 amide bonds. The minimum atomic E-state index is -0.585. The Balaban J connectivity index is 2.10. The molecule has 2 aromatic carbocycles. The summed E-state index contributed by atoms with van der Waals surface area (Å²) in [4.78, 5) is 11.8. The van der Waals surface area contributed by atoms with E-state index in [1.165, 1.54) is 24.3 Å². The van der Waals surface area contributed by atoms with Gasteiger partial charge in [-0.3, -0.25) is 4.79 Å². The van der Waals surface area contributed by atoms with Crippen LogP contribution in [-0.2, 0) is 6.54 Å². The molecule has 0 heterocycles.